The van der Waals surface area contributed by atoms with Gasteiger partial charge in [0.25, 0.3) is 0 Å². The summed E-state index contributed by atoms with van der Waals surface area (Å²) in [7, 11) is 0. The maximum Gasteiger partial charge on any atom is 0.0674 e. The van der Waals surface area contributed by atoms with Gasteiger partial charge in [0.05, 0.1) is 27.5 Å². The van der Waals surface area contributed by atoms with E-state index in [1.807, 2.05) is 0 Å². The van der Waals surface area contributed by atoms with Crippen molar-refractivity contribution in [1.29, 1.82) is 0 Å². The molecule has 270 valence electrons. The number of para-hydroxylation sites is 3. The molecular formula is C55H40N2. The lowest BCUT2D eigenvalue weighted by molar-refractivity contribution is 0.633. The van der Waals surface area contributed by atoms with Gasteiger partial charge in [-0.25, -0.2) is 0 Å². The zero-order chi connectivity index (χ0) is 37.5. The molecule has 57 heavy (non-hydrogen) atoms. The van der Waals surface area contributed by atoms with E-state index in [1.54, 1.807) is 11.1 Å². The predicted octanol–water partition coefficient (Wildman–Crippen LogP) is 14.2. The number of fused-ring (bicyclic) bond motifs is 8. The van der Waals surface area contributed by atoms with E-state index in [-0.39, 0.29) is 5.41 Å². The second-order valence-electron chi connectivity index (χ2n) is 15.9. The van der Waals surface area contributed by atoms with Crippen molar-refractivity contribution in [2.24, 2.45) is 0 Å². The van der Waals surface area contributed by atoms with Crippen molar-refractivity contribution in [3.8, 4) is 22.5 Å². The largest absolute Gasteiger partial charge is 0.309 e. The van der Waals surface area contributed by atoms with Gasteiger partial charge in [0, 0.05) is 32.9 Å². The topological polar surface area (TPSA) is 9.86 Å². The minimum atomic E-state index is -0.334. The highest BCUT2D eigenvalue weighted by atomic mass is 15.0. The molecule has 0 N–H and O–H groups in total. The van der Waals surface area contributed by atoms with Crippen molar-refractivity contribution in [2.45, 2.75) is 31.1 Å². The summed E-state index contributed by atoms with van der Waals surface area (Å²) in [6.07, 6.45) is 4.69. The Hall–Kier alpha value is -6.90. The van der Waals surface area contributed by atoms with E-state index in [1.165, 1.54) is 101 Å². The first-order valence-electron chi connectivity index (χ1n) is 20.4. The Morgan fingerprint density at radius 1 is 0.368 bits per heavy atom. The van der Waals surface area contributed by atoms with Gasteiger partial charge in [0.15, 0.2) is 0 Å². The summed E-state index contributed by atoms with van der Waals surface area (Å²) in [5, 5.41) is 5.14. The van der Waals surface area contributed by atoms with Crippen molar-refractivity contribution in [3.05, 3.63) is 222 Å². The minimum absolute atomic E-state index is 0.334. The highest BCUT2D eigenvalue weighted by Crippen LogP contribution is 2.59. The van der Waals surface area contributed by atoms with Crippen molar-refractivity contribution in [3.63, 3.8) is 0 Å². The van der Waals surface area contributed by atoms with E-state index < -0.39 is 0 Å². The third-order valence-electron chi connectivity index (χ3n) is 13.0. The highest BCUT2D eigenvalue weighted by Gasteiger charge is 2.48. The lowest BCUT2D eigenvalue weighted by Crippen LogP contribution is -2.30. The number of nitrogens with zero attached hydrogens (tertiary/aromatic N) is 2. The predicted molar refractivity (Wildman–Crippen MR) is 239 cm³/mol. The summed E-state index contributed by atoms with van der Waals surface area (Å²) in [6, 6.07) is 72.4. The maximum absolute atomic E-state index is 2.57. The molecule has 2 aliphatic rings. The van der Waals surface area contributed by atoms with E-state index in [4.69, 9.17) is 0 Å². The second-order valence-corrected chi connectivity index (χ2v) is 15.9. The third kappa shape index (κ3) is 4.65. The van der Waals surface area contributed by atoms with Crippen LogP contribution in [0.4, 0.5) is 0 Å². The van der Waals surface area contributed by atoms with Crippen LogP contribution in [0, 0.1) is 0 Å². The van der Waals surface area contributed by atoms with Crippen molar-refractivity contribution in [1.82, 2.24) is 9.13 Å². The lowest BCUT2D eigenvalue weighted by Gasteiger charge is -2.37. The van der Waals surface area contributed by atoms with Crippen LogP contribution in [-0.4, -0.2) is 9.13 Å². The summed E-state index contributed by atoms with van der Waals surface area (Å²) >= 11 is 0. The lowest BCUT2D eigenvalue weighted by atomic mass is 9.65. The van der Waals surface area contributed by atoms with Crippen LogP contribution in [0.5, 0.6) is 0 Å². The first-order valence-corrected chi connectivity index (χ1v) is 20.4. The van der Waals surface area contributed by atoms with Crippen LogP contribution in [-0.2, 0) is 5.41 Å². The summed E-state index contributed by atoms with van der Waals surface area (Å²) in [5.74, 6) is 0. The third-order valence-corrected chi connectivity index (χ3v) is 13.0. The molecular weight excluding hydrogens is 689 g/mol. The Bertz CT molecular complexity index is 3160. The molecule has 0 unspecified atom stereocenters. The smallest absolute Gasteiger partial charge is 0.0674 e. The van der Waals surface area contributed by atoms with E-state index in [2.05, 4.69) is 203 Å². The summed E-state index contributed by atoms with van der Waals surface area (Å²) in [6.45, 7) is 0. The molecule has 8 aromatic carbocycles. The van der Waals surface area contributed by atoms with Crippen LogP contribution in [0.3, 0.4) is 0 Å². The normalized spacial score (nSPS) is 14.8. The number of hydrogen-bond acceptors (Lipinski definition) is 0. The monoisotopic (exact) mass is 728 g/mol. The number of hydrogen-bond donors (Lipinski definition) is 0. The summed E-state index contributed by atoms with van der Waals surface area (Å²) in [4.78, 5) is 0. The van der Waals surface area contributed by atoms with E-state index >= 15 is 0 Å². The highest BCUT2D eigenvalue weighted by molar-refractivity contribution is 6.14. The van der Waals surface area contributed by atoms with E-state index in [0.717, 1.165) is 12.8 Å². The number of rotatable bonds is 5. The van der Waals surface area contributed by atoms with Gasteiger partial charge in [-0.05, 0) is 137 Å². The molecule has 0 amide bonds. The molecule has 0 fully saturated rings. The van der Waals surface area contributed by atoms with Gasteiger partial charge in [-0.2, -0.15) is 0 Å². The summed E-state index contributed by atoms with van der Waals surface area (Å²) < 4.78 is 4.90. The molecule has 2 heteroatoms. The number of allylic oxidation sites excluding steroid dienone is 2. The van der Waals surface area contributed by atoms with E-state index in [0.29, 0.717) is 0 Å². The Kier molecular flexibility index (Phi) is 7.13. The number of benzene rings is 8. The van der Waals surface area contributed by atoms with E-state index in [9.17, 15) is 0 Å². The van der Waals surface area contributed by atoms with Gasteiger partial charge in [0.2, 0.25) is 0 Å². The van der Waals surface area contributed by atoms with Crippen molar-refractivity contribution < 1.29 is 0 Å². The SMILES string of the molecule is c1ccc(-n2c3ccccc3c3cc(-c4ccc5c(c4)c4cc6c(cc4n5-c4ccccc4)C(c4ccccc4)(c4ccccc4)C4=C6CCCC4)ccc32)cc1. The quantitative estimate of drug-likeness (QED) is 0.167. The summed E-state index contributed by atoms with van der Waals surface area (Å²) in [5.41, 5.74) is 18.1. The Balaban J connectivity index is 1.13. The molecule has 0 aliphatic heterocycles. The van der Waals surface area contributed by atoms with Crippen LogP contribution >= 0.6 is 0 Å². The molecule has 0 spiro atoms. The van der Waals surface area contributed by atoms with Crippen LogP contribution in [0.1, 0.15) is 47.9 Å². The molecule has 0 radical (unpaired) electrons. The Morgan fingerprint density at radius 3 is 1.46 bits per heavy atom. The number of aromatic nitrogens is 2. The first-order chi connectivity index (χ1) is 28.3. The van der Waals surface area contributed by atoms with Gasteiger partial charge in [-0.15, -0.1) is 0 Å². The zero-order valence-electron chi connectivity index (χ0n) is 31.7. The fraction of sp³-hybridized carbons (Fsp3) is 0.0909. The average Bonchev–Trinajstić information content (AvgIpc) is 3.90. The molecule has 0 saturated carbocycles. The van der Waals surface area contributed by atoms with Crippen LogP contribution in [0.2, 0.25) is 0 Å². The van der Waals surface area contributed by atoms with Crippen LogP contribution < -0.4 is 0 Å². The van der Waals surface area contributed by atoms with Gasteiger partial charge in [-0.3, -0.25) is 0 Å². The minimum Gasteiger partial charge on any atom is -0.309 e. The molecule has 2 aliphatic carbocycles. The molecule has 2 nitrogen and oxygen atoms in total. The van der Waals surface area contributed by atoms with Crippen LogP contribution in [0.25, 0.3) is 71.7 Å². The molecule has 0 atom stereocenters. The molecule has 0 saturated heterocycles. The molecule has 10 aromatic rings. The fourth-order valence-corrected chi connectivity index (χ4v) is 10.6. The van der Waals surface area contributed by atoms with Gasteiger partial charge in [0.1, 0.15) is 0 Å². The fourth-order valence-electron chi connectivity index (χ4n) is 10.6. The van der Waals surface area contributed by atoms with Gasteiger partial charge < -0.3 is 9.13 Å². The van der Waals surface area contributed by atoms with Gasteiger partial charge >= 0.3 is 0 Å². The van der Waals surface area contributed by atoms with Gasteiger partial charge in [-0.1, -0.05) is 127 Å². The molecule has 2 heterocycles. The standard InChI is InChI=1S/C55H40N2/c1-5-17-39(18-6-1)55(40-19-7-2-8-20-40)49-27-15-13-25-43(49)45-35-48-47-34-38(30-32-53(47)57(54(48)36-50(45)55)42-23-11-4-12-24-42)37-29-31-52-46(33-37)44-26-14-16-28-51(44)56(52)41-21-9-3-10-22-41/h1-12,14,16-24,26,28-36H,13,15,25,27H2. The van der Waals surface area contributed by atoms with Crippen molar-refractivity contribution >= 4 is 49.2 Å². The molecule has 12 rings (SSSR count). The van der Waals surface area contributed by atoms with Crippen LogP contribution in [0.15, 0.2) is 200 Å². The second kappa shape index (κ2) is 12.6. The van der Waals surface area contributed by atoms with Crippen molar-refractivity contribution in [2.75, 3.05) is 0 Å². The first kappa shape index (κ1) is 32.4. The average molecular weight is 729 g/mol. The Morgan fingerprint density at radius 2 is 0.842 bits per heavy atom. The maximum atomic E-state index is 2.57. The zero-order valence-corrected chi connectivity index (χ0v) is 31.7. The molecule has 0 bridgehead atoms. The Labute approximate surface area is 332 Å². The molecule has 2 aromatic heterocycles.